The third-order valence-corrected chi connectivity index (χ3v) is 4.67. The largest absolute Gasteiger partial charge is 0.425 e. The summed E-state index contributed by atoms with van der Waals surface area (Å²) in [6.45, 7) is 3.22. The Bertz CT molecular complexity index is 403. The molecule has 0 spiro atoms. The molecule has 0 aliphatic carbocycles. The minimum Gasteiger partial charge on any atom is -0.425 e. The van der Waals surface area contributed by atoms with E-state index in [1.807, 2.05) is 0 Å². The summed E-state index contributed by atoms with van der Waals surface area (Å²) in [6, 6.07) is 0. The van der Waals surface area contributed by atoms with Gasteiger partial charge >= 0.3 is 5.97 Å². The zero-order chi connectivity index (χ0) is 20.6. The second-order valence-electron chi connectivity index (χ2n) is 7.62. The molecule has 0 aliphatic rings. The summed E-state index contributed by atoms with van der Waals surface area (Å²) in [4.78, 5) is 11.6. The Morgan fingerprint density at radius 2 is 1.30 bits per heavy atom. The van der Waals surface area contributed by atoms with Gasteiger partial charge in [-0.25, -0.2) is 0 Å². The van der Waals surface area contributed by atoms with Crippen LogP contribution in [0.1, 0.15) is 104 Å². The molecule has 0 aliphatic heterocycles. The molecule has 0 rings (SSSR count). The number of nitrogens with two attached hydrogens (primary N) is 2. The molecule has 0 unspecified atom stereocenters. The van der Waals surface area contributed by atoms with Gasteiger partial charge in [-0.05, 0) is 39.0 Å². The van der Waals surface area contributed by atoms with E-state index in [1.165, 1.54) is 51.4 Å². The molecule has 0 fully saturated rings. The molecule has 0 aromatic heterocycles. The minimum absolute atomic E-state index is 0.171. The van der Waals surface area contributed by atoms with E-state index in [1.54, 1.807) is 0 Å². The first kappa shape index (κ1) is 26.1. The van der Waals surface area contributed by atoms with Gasteiger partial charge in [0.15, 0.2) is 0 Å². The zero-order valence-electron chi connectivity index (χ0n) is 17.4. The molecule has 160 valence electrons. The lowest BCUT2D eigenvalue weighted by atomic mass is 10.1. The molecule has 27 heavy (non-hydrogen) atoms. The molecule has 6 N–H and O–H groups in total. The van der Waals surface area contributed by atoms with Crippen LogP contribution in [0.15, 0.2) is 12.2 Å². The van der Waals surface area contributed by atoms with Crippen LogP contribution in [-0.4, -0.2) is 27.8 Å². The van der Waals surface area contributed by atoms with Crippen LogP contribution in [0.3, 0.4) is 0 Å². The third kappa shape index (κ3) is 14.7. The van der Waals surface area contributed by atoms with Crippen molar-refractivity contribution in [2.75, 3.05) is 0 Å². The van der Waals surface area contributed by atoms with E-state index in [4.69, 9.17) is 16.2 Å². The molecule has 0 amide bonds. The molecule has 6 nitrogen and oxygen atoms in total. The molecule has 0 bridgehead atoms. The number of esters is 1. The number of carbonyl (C=O) groups excluding carboxylic acids is 1. The molecule has 0 atom stereocenters. The van der Waals surface area contributed by atoms with Crippen molar-refractivity contribution >= 4 is 5.97 Å². The summed E-state index contributed by atoms with van der Waals surface area (Å²) in [6.07, 6.45) is 20.1. The number of ether oxygens (including phenoxy) is 1. The minimum atomic E-state index is -2.48. The van der Waals surface area contributed by atoms with E-state index in [2.05, 4.69) is 19.1 Å². The van der Waals surface area contributed by atoms with Gasteiger partial charge in [0.2, 0.25) is 5.79 Å². The Balaban J connectivity index is 3.47. The lowest BCUT2D eigenvalue weighted by Gasteiger charge is -2.33. The Morgan fingerprint density at radius 1 is 0.852 bits per heavy atom. The summed E-state index contributed by atoms with van der Waals surface area (Å²) >= 11 is 0. The fourth-order valence-electron chi connectivity index (χ4n) is 2.68. The van der Waals surface area contributed by atoms with Crippen molar-refractivity contribution in [1.82, 2.24) is 0 Å². The van der Waals surface area contributed by atoms with Crippen molar-refractivity contribution in [3.8, 4) is 0 Å². The van der Waals surface area contributed by atoms with Crippen molar-refractivity contribution in [3.63, 3.8) is 0 Å². The molecule has 0 aromatic rings. The first-order chi connectivity index (χ1) is 12.7. The van der Waals surface area contributed by atoms with E-state index < -0.39 is 17.6 Å². The summed E-state index contributed by atoms with van der Waals surface area (Å²) < 4.78 is 4.73. The van der Waals surface area contributed by atoms with Gasteiger partial charge in [0.25, 0.3) is 5.85 Å². The third-order valence-electron chi connectivity index (χ3n) is 4.67. The van der Waals surface area contributed by atoms with E-state index >= 15 is 0 Å². The predicted molar refractivity (Wildman–Crippen MR) is 109 cm³/mol. The molecule has 0 saturated heterocycles. The summed E-state index contributed by atoms with van der Waals surface area (Å²) in [7, 11) is 0. The van der Waals surface area contributed by atoms with Crippen molar-refractivity contribution in [3.05, 3.63) is 12.2 Å². The molecular weight excluding hydrogens is 344 g/mol. The number of unbranched alkanes of at least 4 members (excludes halogenated alkanes) is 11. The summed E-state index contributed by atoms with van der Waals surface area (Å²) in [5.74, 6) is -5.40. The smallest absolute Gasteiger partial charge is 0.308 e. The van der Waals surface area contributed by atoms with Crippen molar-refractivity contribution in [2.45, 2.75) is 115 Å². The Morgan fingerprint density at radius 3 is 1.78 bits per heavy atom. The van der Waals surface area contributed by atoms with Gasteiger partial charge in [-0.15, -0.1) is 0 Å². The van der Waals surface area contributed by atoms with Crippen molar-refractivity contribution in [2.24, 2.45) is 11.5 Å². The van der Waals surface area contributed by atoms with Crippen LogP contribution < -0.4 is 11.5 Å². The van der Waals surface area contributed by atoms with E-state index in [9.17, 15) is 15.0 Å². The van der Waals surface area contributed by atoms with Crippen LogP contribution in [0, 0.1) is 0 Å². The fraction of sp³-hybridized carbons (Fsp3) is 0.857. The number of hydrogen-bond acceptors (Lipinski definition) is 6. The first-order valence-electron chi connectivity index (χ1n) is 10.6. The highest BCUT2D eigenvalue weighted by molar-refractivity contribution is 5.69. The predicted octanol–water partition coefficient (Wildman–Crippen LogP) is 3.84. The van der Waals surface area contributed by atoms with Gasteiger partial charge in [-0.1, -0.05) is 70.4 Å². The van der Waals surface area contributed by atoms with Crippen LogP contribution in [0.4, 0.5) is 0 Å². The maximum atomic E-state index is 11.6. The normalized spacial score (nSPS) is 12.7. The monoisotopic (exact) mass is 386 g/mol. The van der Waals surface area contributed by atoms with Gasteiger partial charge in [0.1, 0.15) is 0 Å². The molecule has 0 heterocycles. The van der Waals surface area contributed by atoms with E-state index in [0.29, 0.717) is 6.42 Å². The fourth-order valence-corrected chi connectivity index (χ4v) is 2.68. The number of hydrogen-bond donors (Lipinski definition) is 4. The second-order valence-corrected chi connectivity index (χ2v) is 7.62. The lowest BCUT2D eigenvalue weighted by Crippen LogP contribution is -2.68. The van der Waals surface area contributed by atoms with Gasteiger partial charge in [0, 0.05) is 6.42 Å². The number of carbonyl (C=O) groups is 1. The molecular formula is C21H42N2O4. The van der Waals surface area contributed by atoms with Crippen LogP contribution in [-0.2, 0) is 9.53 Å². The van der Waals surface area contributed by atoms with Gasteiger partial charge in [-0.3, -0.25) is 16.3 Å². The number of allylic oxidation sites excluding steroid dienone is 2. The van der Waals surface area contributed by atoms with Crippen LogP contribution in [0.25, 0.3) is 0 Å². The zero-order valence-corrected chi connectivity index (χ0v) is 17.4. The molecule has 0 aromatic carbocycles. The number of rotatable bonds is 17. The Hall–Kier alpha value is -0.950. The van der Waals surface area contributed by atoms with Crippen molar-refractivity contribution < 1.29 is 19.7 Å². The topological polar surface area (TPSA) is 119 Å². The average Bonchev–Trinajstić information content (AvgIpc) is 2.57. The average molecular weight is 387 g/mol. The van der Waals surface area contributed by atoms with Crippen molar-refractivity contribution in [1.29, 1.82) is 0 Å². The quantitative estimate of drug-likeness (QED) is 0.130. The second kappa shape index (κ2) is 15.0. The SMILES string of the molecule is CCCCCCCC/C=C/CCCCCCCC(=O)OC(N)(N)C(C)(O)O. The van der Waals surface area contributed by atoms with Crippen LogP contribution in [0.5, 0.6) is 0 Å². The first-order valence-corrected chi connectivity index (χ1v) is 10.6. The lowest BCUT2D eigenvalue weighted by molar-refractivity contribution is -0.269. The maximum absolute atomic E-state index is 11.6. The van der Waals surface area contributed by atoms with E-state index in [-0.39, 0.29) is 6.42 Å². The highest BCUT2D eigenvalue weighted by Gasteiger charge is 2.43. The molecule has 0 saturated carbocycles. The number of aliphatic hydroxyl groups is 2. The van der Waals surface area contributed by atoms with Crippen LogP contribution in [0.2, 0.25) is 0 Å². The maximum Gasteiger partial charge on any atom is 0.308 e. The van der Waals surface area contributed by atoms with Gasteiger partial charge in [0.05, 0.1) is 0 Å². The van der Waals surface area contributed by atoms with Gasteiger partial charge in [-0.2, -0.15) is 0 Å². The Kier molecular flexibility index (Phi) is 14.5. The highest BCUT2D eigenvalue weighted by atomic mass is 16.6. The highest BCUT2D eigenvalue weighted by Crippen LogP contribution is 2.15. The van der Waals surface area contributed by atoms with Crippen LogP contribution >= 0.6 is 0 Å². The summed E-state index contributed by atoms with van der Waals surface area (Å²) in [5, 5.41) is 18.6. The summed E-state index contributed by atoms with van der Waals surface area (Å²) in [5.41, 5.74) is 10.8. The Labute approximate surface area is 165 Å². The molecule has 0 radical (unpaired) electrons. The molecule has 6 heteroatoms. The van der Waals surface area contributed by atoms with E-state index in [0.717, 1.165) is 32.6 Å². The standard InChI is InChI=1S/C21H42N2O4/c1-3-4-5-6-7-8-9-10-11-12-13-14-15-16-17-18-19(24)27-21(22,23)20(2,25)26/h10-11,25-26H,3-9,12-18,22-23H2,1-2H3/b11-10+. The van der Waals surface area contributed by atoms with Gasteiger partial charge < -0.3 is 14.9 Å².